The van der Waals surface area contributed by atoms with E-state index in [1.54, 1.807) is 0 Å². The van der Waals surface area contributed by atoms with Gasteiger partial charge in [-0.05, 0) is 18.2 Å². The minimum atomic E-state index is -4.99. The Hall–Kier alpha value is -3.68. The van der Waals surface area contributed by atoms with Crippen LogP contribution in [0.3, 0.4) is 0 Å². The summed E-state index contributed by atoms with van der Waals surface area (Å²) < 4.78 is 78.1. The van der Waals surface area contributed by atoms with Gasteiger partial charge in [-0.15, -0.1) is 0 Å². The number of nitrogens with one attached hydrogen (secondary N) is 1. The van der Waals surface area contributed by atoms with Gasteiger partial charge in [0.25, 0.3) is 11.5 Å². The molecule has 2 aromatic heterocycles. The van der Waals surface area contributed by atoms with E-state index in [0.29, 0.717) is 0 Å². The number of aromatic nitrogens is 4. The Bertz CT molecular complexity index is 1210. The van der Waals surface area contributed by atoms with Crippen LogP contribution in [-0.2, 0) is 13.2 Å². The minimum absolute atomic E-state index is 0.0978. The van der Waals surface area contributed by atoms with E-state index in [9.17, 15) is 35.9 Å². The summed E-state index contributed by atoms with van der Waals surface area (Å²) >= 11 is 0. The lowest BCUT2D eigenvalue weighted by Crippen LogP contribution is -2.42. The Kier molecular flexibility index (Phi) is 6.31. The number of alkyl halides is 6. The summed E-state index contributed by atoms with van der Waals surface area (Å²) in [4.78, 5) is 25.3. The highest BCUT2D eigenvalue weighted by atomic mass is 19.4. The Balaban J connectivity index is 2.06. The van der Waals surface area contributed by atoms with Gasteiger partial charge in [-0.1, -0.05) is 12.1 Å². The Morgan fingerprint density at radius 3 is 2.30 bits per heavy atom. The molecule has 1 amide bonds. The third kappa shape index (κ3) is 5.39. The van der Waals surface area contributed by atoms with Crippen molar-refractivity contribution in [2.75, 3.05) is 6.54 Å². The van der Waals surface area contributed by atoms with Crippen molar-refractivity contribution < 1.29 is 36.2 Å². The number of nitrogens with zero attached hydrogens (tertiary/aromatic N) is 4. The maximum Gasteiger partial charge on any atom is 0.416 e. The van der Waals surface area contributed by atoms with E-state index < -0.39 is 47.6 Å². The maximum atomic E-state index is 12.8. The summed E-state index contributed by atoms with van der Waals surface area (Å²) in [5.41, 5.74) is -2.50. The Morgan fingerprint density at radius 1 is 1.15 bits per heavy atom. The highest BCUT2D eigenvalue weighted by molar-refractivity contribution is 5.94. The summed E-state index contributed by atoms with van der Waals surface area (Å²) in [5.74, 6) is -1.24. The number of halogens is 6. The molecule has 2 heterocycles. The predicted molar refractivity (Wildman–Crippen MR) is 101 cm³/mol. The van der Waals surface area contributed by atoms with E-state index in [-0.39, 0.29) is 16.9 Å². The molecule has 0 fully saturated rings. The van der Waals surface area contributed by atoms with Gasteiger partial charge in [-0.25, -0.2) is 0 Å². The van der Waals surface area contributed by atoms with Crippen molar-refractivity contribution in [1.29, 1.82) is 0 Å². The van der Waals surface area contributed by atoms with Crippen molar-refractivity contribution in [3.05, 3.63) is 64.2 Å². The summed E-state index contributed by atoms with van der Waals surface area (Å²) in [7, 11) is 1.53. The van der Waals surface area contributed by atoms with E-state index in [0.717, 1.165) is 35.0 Å². The van der Waals surface area contributed by atoms with E-state index in [1.807, 2.05) is 5.32 Å². The van der Waals surface area contributed by atoms with Crippen LogP contribution in [0.15, 0.2) is 47.5 Å². The molecular weight excluding hydrogens is 460 g/mol. The fourth-order valence-electron chi connectivity index (χ4n) is 2.72. The summed E-state index contributed by atoms with van der Waals surface area (Å²) in [6.45, 7) is -1.22. The molecule has 0 unspecified atom stereocenters. The summed E-state index contributed by atoms with van der Waals surface area (Å²) in [5, 5.41) is 18.8. The van der Waals surface area contributed by atoms with Gasteiger partial charge in [0, 0.05) is 12.6 Å². The van der Waals surface area contributed by atoms with Crippen LogP contribution in [0.25, 0.3) is 16.9 Å². The second-order valence-electron chi connectivity index (χ2n) is 6.87. The number of hydrogen-bond donors (Lipinski definition) is 2. The molecule has 1 atom stereocenters. The van der Waals surface area contributed by atoms with Crippen LogP contribution >= 0.6 is 0 Å². The molecule has 3 aromatic rings. The maximum absolute atomic E-state index is 12.8. The molecule has 2 N–H and O–H groups in total. The normalized spacial score (nSPS) is 13.1. The third-order valence-corrected chi connectivity index (χ3v) is 4.43. The fourth-order valence-corrected chi connectivity index (χ4v) is 2.72. The molecule has 0 bridgehead atoms. The first-order valence-corrected chi connectivity index (χ1v) is 9.11. The molecule has 0 aliphatic carbocycles. The van der Waals surface area contributed by atoms with Crippen LogP contribution in [0.5, 0.6) is 0 Å². The first-order chi connectivity index (χ1) is 15.3. The van der Waals surface area contributed by atoms with Crippen molar-refractivity contribution in [3.63, 3.8) is 0 Å². The zero-order valence-corrected chi connectivity index (χ0v) is 16.6. The average molecular weight is 475 g/mol. The number of carbonyl (C=O) groups is 1. The molecule has 0 radical (unpaired) electrons. The van der Waals surface area contributed by atoms with E-state index in [4.69, 9.17) is 5.11 Å². The summed E-state index contributed by atoms with van der Waals surface area (Å²) in [6, 6.07) is 4.62. The van der Waals surface area contributed by atoms with Crippen molar-refractivity contribution >= 4 is 5.91 Å². The third-order valence-electron chi connectivity index (χ3n) is 4.43. The molecule has 33 heavy (non-hydrogen) atoms. The highest BCUT2D eigenvalue weighted by Crippen LogP contribution is 2.30. The summed E-state index contributed by atoms with van der Waals surface area (Å²) in [6.07, 6.45) is -9.87. The lowest BCUT2D eigenvalue weighted by Gasteiger charge is -2.15. The topological polar surface area (TPSA) is 102 Å². The van der Waals surface area contributed by atoms with Gasteiger partial charge < -0.3 is 10.4 Å². The average Bonchev–Trinajstić information content (AvgIpc) is 3.16. The van der Waals surface area contributed by atoms with Crippen LogP contribution in [-0.4, -0.2) is 49.4 Å². The van der Waals surface area contributed by atoms with Gasteiger partial charge in [-0.2, -0.15) is 41.2 Å². The molecule has 0 saturated heterocycles. The van der Waals surface area contributed by atoms with Crippen LogP contribution in [0.4, 0.5) is 26.3 Å². The van der Waals surface area contributed by atoms with E-state index in [1.165, 1.54) is 24.1 Å². The zero-order chi connectivity index (χ0) is 24.6. The molecule has 1 aromatic carbocycles. The highest BCUT2D eigenvalue weighted by Gasteiger charge is 2.38. The number of hydrogen-bond acceptors (Lipinski definition) is 5. The van der Waals surface area contributed by atoms with Gasteiger partial charge in [0.1, 0.15) is 11.3 Å². The molecular formula is C19H15F6N5O3. The lowest BCUT2D eigenvalue weighted by atomic mass is 10.1. The quantitative estimate of drug-likeness (QED) is 0.552. The van der Waals surface area contributed by atoms with Gasteiger partial charge >= 0.3 is 12.4 Å². The van der Waals surface area contributed by atoms with Crippen molar-refractivity contribution in [1.82, 2.24) is 24.9 Å². The SMILES string of the molecule is Cn1cc(-n2nc(-c3ccc(C(F)(F)F)cc3)cc(C(=O)NC[C@H](O)C(F)(F)F)c2=O)cn1. The molecule has 14 heteroatoms. The number of aliphatic hydroxyl groups is 1. The molecule has 0 saturated carbocycles. The van der Waals surface area contributed by atoms with Gasteiger partial charge in [0.05, 0.1) is 30.2 Å². The fraction of sp³-hybridized carbons (Fsp3) is 0.263. The number of rotatable bonds is 5. The monoisotopic (exact) mass is 475 g/mol. The van der Waals surface area contributed by atoms with Gasteiger partial charge in [0.2, 0.25) is 0 Å². The molecule has 3 rings (SSSR count). The zero-order valence-electron chi connectivity index (χ0n) is 16.6. The largest absolute Gasteiger partial charge is 0.416 e. The Morgan fingerprint density at radius 2 is 1.79 bits per heavy atom. The van der Waals surface area contributed by atoms with E-state index in [2.05, 4.69) is 10.2 Å². The molecule has 8 nitrogen and oxygen atoms in total. The molecule has 0 aliphatic heterocycles. The first kappa shape index (κ1) is 24.0. The lowest BCUT2D eigenvalue weighted by molar-refractivity contribution is -0.201. The smallest absolute Gasteiger partial charge is 0.382 e. The van der Waals surface area contributed by atoms with Crippen molar-refractivity contribution in [3.8, 4) is 16.9 Å². The first-order valence-electron chi connectivity index (χ1n) is 9.11. The van der Waals surface area contributed by atoms with Gasteiger partial charge in [-0.3, -0.25) is 14.3 Å². The number of aryl methyl sites for hydroxylation is 1. The van der Waals surface area contributed by atoms with Crippen LogP contribution in [0, 0.1) is 0 Å². The predicted octanol–water partition coefficient (Wildman–Crippen LogP) is 2.30. The second-order valence-corrected chi connectivity index (χ2v) is 6.87. The van der Waals surface area contributed by atoms with Gasteiger partial charge in [0.15, 0.2) is 6.10 Å². The number of benzene rings is 1. The molecule has 0 spiro atoms. The number of aliphatic hydroxyl groups excluding tert-OH is 1. The standard InChI is InChI=1S/C19H15F6N5O3/c1-29-9-12(7-27-29)30-17(33)13(16(32)26-8-15(31)19(23,24)25)6-14(28-30)10-2-4-11(5-3-10)18(20,21)22/h2-7,9,15,31H,8H2,1H3,(H,26,32)/t15-/m0/s1. The minimum Gasteiger partial charge on any atom is -0.382 e. The number of carbonyl (C=O) groups excluding carboxylic acids is 1. The molecule has 176 valence electrons. The second kappa shape index (κ2) is 8.69. The Labute approximate surface area is 181 Å². The van der Waals surface area contributed by atoms with E-state index >= 15 is 0 Å². The number of amides is 1. The van der Waals surface area contributed by atoms with Crippen LogP contribution in [0.2, 0.25) is 0 Å². The van der Waals surface area contributed by atoms with Crippen molar-refractivity contribution in [2.24, 2.45) is 7.05 Å². The van der Waals surface area contributed by atoms with Crippen LogP contribution < -0.4 is 10.9 Å². The molecule has 0 aliphatic rings. The van der Waals surface area contributed by atoms with Crippen LogP contribution in [0.1, 0.15) is 15.9 Å². The van der Waals surface area contributed by atoms with Crippen molar-refractivity contribution in [2.45, 2.75) is 18.5 Å².